The Kier molecular flexibility index (Phi) is 6.71. The molecule has 5 nitrogen and oxygen atoms in total. The fraction of sp³-hybridized carbons (Fsp3) is 0.419. The lowest BCUT2D eigenvalue weighted by Gasteiger charge is -2.36. The molecule has 8 heteroatoms. The minimum Gasteiger partial charge on any atom is -0.496 e. The van der Waals surface area contributed by atoms with Crippen molar-refractivity contribution in [3.05, 3.63) is 65.2 Å². The number of methoxy groups -OCH3 is 1. The van der Waals surface area contributed by atoms with Gasteiger partial charge in [-0.25, -0.2) is 0 Å². The van der Waals surface area contributed by atoms with Crippen molar-refractivity contribution in [2.24, 2.45) is 0 Å². The van der Waals surface area contributed by atoms with Crippen LogP contribution in [0.5, 0.6) is 5.75 Å². The summed E-state index contributed by atoms with van der Waals surface area (Å²) in [6, 6.07) is 14.0. The largest absolute Gasteiger partial charge is 0.496 e. The van der Waals surface area contributed by atoms with E-state index in [4.69, 9.17) is 18.9 Å². The highest BCUT2D eigenvalue weighted by Gasteiger charge is 2.50. The molecular weight excluding hydrogens is 507 g/mol. The summed E-state index contributed by atoms with van der Waals surface area (Å²) in [6.45, 7) is 3.85. The molecule has 3 aromatic carbocycles. The van der Waals surface area contributed by atoms with E-state index in [0.29, 0.717) is 55.3 Å². The van der Waals surface area contributed by atoms with Crippen LogP contribution in [-0.4, -0.2) is 52.8 Å². The van der Waals surface area contributed by atoms with Crippen molar-refractivity contribution in [2.75, 3.05) is 51.5 Å². The van der Waals surface area contributed by atoms with Crippen molar-refractivity contribution in [1.82, 2.24) is 0 Å². The maximum atomic E-state index is 13.7. The van der Waals surface area contributed by atoms with Gasteiger partial charge in [0.25, 0.3) is 0 Å². The summed E-state index contributed by atoms with van der Waals surface area (Å²) < 4.78 is 65.0. The number of benzene rings is 3. The zero-order valence-corrected chi connectivity index (χ0v) is 22.2. The number of hydrogen-bond donors (Lipinski definition) is 0. The third kappa shape index (κ3) is 4.34. The Morgan fingerprint density at radius 1 is 1.03 bits per heavy atom. The van der Waals surface area contributed by atoms with E-state index in [2.05, 4.69) is 23.1 Å². The van der Waals surface area contributed by atoms with E-state index in [-0.39, 0.29) is 0 Å². The van der Waals surface area contributed by atoms with Crippen molar-refractivity contribution >= 4 is 22.2 Å². The predicted octanol–water partition coefficient (Wildman–Crippen LogP) is 7.05. The lowest BCUT2D eigenvalue weighted by molar-refractivity contribution is -0.201. The van der Waals surface area contributed by atoms with Crippen LogP contribution in [-0.2, 0) is 19.8 Å². The van der Waals surface area contributed by atoms with E-state index in [1.807, 2.05) is 37.3 Å². The Bertz CT molecular complexity index is 1430. The molecule has 206 valence electrons. The van der Waals surface area contributed by atoms with Crippen LogP contribution in [0.2, 0.25) is 0 Å². The van der Waals surface area contributed by atoms with Gasteiger partial charge in [-0.1, -0.05) is 44.0 Å². The Hall–Kier alpha value is -3.23. The Morgan fingerprint density at radius 3 is 2.56 bits per heavy atom. The van der Waals surface area contributed by atoms with E-state index in [0.717, 1.165) is 52.7 Å². The molecule has 0 bridgehead atoms. The van der Waals surface area contributed by atoms with Crippen LogP contribution in [0.15, 0.2) is 48.5 Å². The third-order valence-corrected chi connectivity index (χ3v) is 7.98. The van der Waals surface area contributed by atoms with Gasteiger partial charge in [0.05, 0.1) is 25.9 Å². The molecule has 1 fully saturated rings. The first-order valence-corrected chi connectivity index (χ1v) is 13.5. The molecule has 2 heterocycles. The molecule has 3 aliphatic rings. The number of alkyl halides is 3. The van der Waals surface area contributed by atoms with Crippen LogP contribution in [0.25, 0.3) is 27.7 Å². The van der Waals surface area contributed by atoms with Gasteiger partial charge in [-0.05, 0) is 52.8 Å². The normalized spacial score (nSPS) is 20.2. The van der Waals surface area contributed by atoms with Gasteiger partial charge in [-0.3, -0.25) is 0 Å². The molecule has 1 saturated heterocycles. The van der Waals surface area contributed by atoms with Crippen molar-refractivity contribution in [1.29, 1.82) is 0 Å². The first kappa shape index (κ1) is 26.0. The average Bonchev–Trinajstić information content (AvgIpc) is 3.25. The molecule has 1 unspecified atom stereocenters. The van der Waals surface area contributed by atoms with E-state index in [9.17, 15) is 13.2 Å². The lowest BCUT2D eigenvalue weighted by atomic mass is 9.81. The van der Waals surface area contributed by atoms with E-state index < -0.39 is 18.4 Å². The smallest absolute Gasteiger partial charge is 0.411 e. The van der Waals surface area contributed by atoms with Crippen molar-refractivity contribution in [3.63, 3.8) is 0 Å². The maximum absolute atomic E-state index is 13.7. The fourth-order valence-corrected chi connectivity index (χ4v) is 6.32. The van der Waals surface area contributed by atoms with Gasteiger partial charge in [-0.2, -0.15) is 13.2 Å². The number of unbranched alkanes of at least 4 members (excludes halogenated alkanes) is 1. The summed E-state index contributed by atoms with van der Waals surface area (Å²) in [5, 5.41) is 1.84. The minimum atomic E-state index is -4.48. The molecule has 0 saturated carbocycles. The molecule has 6 rings (SSSR count). The Balaban J connectivity index is 1.70. The van der Waals surface area contributed by atoms with Crippen molar-refractivity contribution < 1.29 is 32.1 Å². The second-order valence-electron chi connectivity index (χ2n) is 10.2. The molecule has 0 radical (unpaired) electrons. The molecule has 39 heavy (non-hydrogen) atoms. The summed E-state index contributed by atoms with van der Waals surface area (Å²) in [5.41, 5.74) is 3.66. The van der Waals surface area contributed by atoms with Gasteiger partial charge < -0.3 is 23.8 Å². The molecule has 0 N–H and O–H groups in total. The zero-order valence-electron chi connectivity index (χ0n) is 22.2. The molecule has 0 aromatic heterocycles. The fourth-order valence-electron chi connectivity index (χ4n) is 6.32. The second-order valence-corrected chi connectivity index (χ2v) is 10.2. The quantitative estimate of drug-likeness (QED) is 0.322. The Morgan fingerprint density at radius 2 is 1.82 bits per heavy atom. The Labute approximate surface area is 226 Å². The van der Waals surface area contributed by atoms with E-state index in [1.165, 1.54) is 0 Å². The second kappa shape index (κ2) is 10.1. The number of anilines is 1. The lowest BCUT2D eigenvalue weighted by Crippen LogP contribution is -2.36. The van der Waals surface area contributed by atoms with Crippen LogP contribution in [0, 0.1) is 0 Å². The zero-order chi connectivity index (χ0) is 27.2. The summed E-state index contributed by atoms with van der Waals surface area (Å²) >= 11 is 0. The summed E-state index contributed by atoms with van der Waals surface area (Å²) in [4.78, 5) is 2.28. The number of rotatable bonds is 7. The SMILES string of the molecule is CCCCC1(OCC(F)(F)F)c2ccccc2-c2c1c1c(c3ccc(N4CCOCC4)cc23)OCC=C1OC. The summed E-state index contributed by atoms with van der Waals surface area (Å²) in [6.07, 6.45) is -0.725. The van der Waals surface area contributed by atoms with Gasteiger partial charge in [-0.15, -0.1) is 0 Å². The van der Waals surface area contributed by atoms with Crippen molar-refractivity contribution in [3.8, 4) is 16.9 Å². The predicted molar refractivity (Wildman–Crippen MR) is 145 cm³/mol. The molecule has 0 spiro atoms. The average molecular weight is 540 g/mol. The standard InChI is InChI=1S/C31H32F3NO4/c1-3-4-12-30(39-19-31(32,33)34)24-8-6-5-7-22(24)26-23-18-20(35-13-16-37-17-14-35)9-10-21(23)29-27(28(26)30)25(36-2)11-15-38-29/h5-11,18H,3-4,12-17,19H2,1-2H3. The first-order chi connectivity index (χ1) is 18.9. The van der Waals surface area contributed by atoms with Crippen molar-refractivity contribution in [2.45, 2.75) is 38.0 Å². The van der Waals surface area contributed by atoms with Gasteiger partial charge in [0, 0.05) is 29.7 Å². The van der Waals surface area contributed by atoms with E-state index in [1.54, 1.807) is 7.11 Å². The van der Waals surface area contributed by atoms with Gasteiger partial charge in [0.15, 0.2) is 0 Å². The number of nitrogens with zero attached hydrogens (tertiary/aromatic N) is 1. The summed E-state index contributed by atoms with van der Waals surface area (Å²) in [5.74, 6) is 1.22. The molecule has 3 aromatic rings. The van der Waals surface area contributed by atoms with Crippen LogP contribution in [0.1, 0.15) is 42.9 Å². The minimum absolute atomic E-state index is 0.313. The van der Waals surface area contributed by atoms with Gasteiger partial charge >= 0.3 is 6.18 Å². The number of fused-ring (bicyclic) bond motifs is 8. The van der Waals surface area contributed by atoms with Gasteiger partial charge in [0.1, 0.15) is 30.3 Å². The maximum Gasteiger partial charge on any atom is 0.411 e. The number of halogens is 3. The number of morpholine rings is 1. The van der Waals surface area contributed by atoms with Crippen LogP contribution >= 0.6 is 0 Å². The van der Waals surface area contributed by atoms with Crippen LogP contribution < -0.4 is 9.64 Å². The van der Waals surface area contributed by atoms with Gasteiger partial charge in [0.2, 0.25) is 0 Å². The van der Waals surface area contributed by atoms with Crippen LogP contribution in [0.4, 0.5) is 18.9 Å². The molecule has 2 aliphatic heterocycles. The molecular formula is C31H32F3NO4. The monoisotopic (exact) mass is 539 g/mol. The summed E-state index contributed by atoms with van der Waals surface area (Å²) in [7, 11) is 1.59. The topological polar surface area (TPSA) is 40.2 Å². The first-order valence-electron chi connectivity index (χ1n) is 13.5. The highest BCUT2D eigenvalue weighted by Crippen LogP contribution is 2.60. The number of hydrogen-bond acceptors (Lipinski definition) is 5. The van der Waals surface area contributed by atoms with Crippen LogP contribution in [0.3, 0.4) is 0 Å². The van der Waals surface area contributed by atoms with E-state index >= 15 is 0 Å². The molecule has 1 atom stereocenters. The number of ether oxygens (including phenoxy) is 4. The molecule has 1 aliphatic carbocycles. The third-order valence-electron chi connectivity index (χ3n) is 7.98. The molecule has 0 amide bonds. The highest BCUT2D eigenvalue weighted by molar-refractivity contribution is 6.09. The highest BCUT2D eigenvalue weighted by atomic mass is 19.4.